The Morgan fingerprint density at radius 3 is 3.14 bits per heavy atom. The van der Waals surface area contributed by atoms with Crippen molar-refractivity contribution in [2.45, 2.75) is 19.6 Å². The third kappa shape index (κ3) is 1.60. The summed E-state index contributed by atoms with van der Waals surface area (Å²) in [5, 5.41) is 13.1. The molecule has 6 heteroatoms. The Bertz CT molecular complexity index is 375. The molecule has 0 radical (unpaired) electrons. The van der Waals surface area contributed by atoms with Crippen molar-refractivity contribution in [3.8, 4) is 0 Å². The standard InChI is InChI=1S/C8H9ClN2O3/c9-8-5-4-14-2-1-6(5)10-11(8)3-7(12)13/h1-4H2,(H,12,13). The zero-order valence-electron chi connectivity index (χ0n) is 7.36. The molecule has 2 heterocycles. The van der Waals surface area contributed by atoms with E-state index >= 15 is 0 Å². The van der Waals surface area contributed by atoms with Gasteiger partial charge in [0.1, 0.15) is 11.7 Å². The van der Waals surface area contributed by atoms with Gasteiger partial charge in [-0.15, -0.1) is 0 Å². The third-order valence-electron chi connectivity index (χ3n) is 2.08. The predicted molar refractivity (Wildman–Crippen MR) is 48.2 cm³/mol. The van der Waals surface area contributed by atoms with Gasteiger partial charge >= 0.3 is 5.97 Å². The van der Waals surface area contributed by atoms with Crippen LogP contribution in [0.4, 0.5) is 0 Å². The van der Waals surface area contributed by atoms with Gasteiger partial charge in [-0.05, 0) is 0 Å². The van der Waals surface area contributed by atoms with Crippen molar-refractivity contribution < 1.29 is 14.6 Å². The normalized spacial score (nSPS) is 15.2. The monoisotopic (exact) mass is 216 g/mol. The number of carboxylic acid groups (broad SMARTS) is 1. The van der Waals surface area contributed by atoms with Crippen molar-refractivity contribution >= 4 is 17.6 Å². The molecule has 0 aromatic carbocycles. The number of ether oxygens (including phenoxy) is 1. The minimum absolute atomic E-state index is 0.203. The van der Waals surface area contributed by atoms with E-state index in [4.69, 9.17) is 21.4 Å². The smallest absolute Gasteiger partial charge is 0.325 e. The molecule has 1 aliphatic rings. The van der Waals surface area contributed by atoms with Crippen LogP contribution in [0.2, 0.25) is 5.15 Å². The molecule has 1 aromatic rings. The molecular formula is C8H9ClN2O3. The van der Waals surface area contributed by atoms with Gasteiger partial charge in [0.25, 0.3) is 0 Å². The van der Waals surface area contributed by atoms with Gasteiger partial charge in [-0.1, -0.05) is 11.6 Å². The number of aliphatic carboxylic acids is 1. The maximum absolute atomic E-state index is 10.5. The number of rotatable bonds is 2. The van der Waals surface area contributed by atoms with E-state index in [1.54, 1.807) is 0 Å². The molecule has 0 fully saturated rings. The van der Waals surface area contributed by atoms with Crippen molar-refractivity contribution in [1.29, 1.82) is 0 Å². The highest BCUT2D eigenvalue weighted by atomic mass is 35.5. The largest absolute Gasteiger partial charge is 0.480 e. The van der Waals surface area contributed by atoms with Crippen molar-refractivity contribution in [1.82, 2.24) is 9.78 Å². The molecule has 0 saturated carbocycles. The van der Waals surface area contributed by atoms with Gasteiger partial charge in [-0.3, -0.25) is 4.79 Å². The summed E-state index contributed by atoms with van der Waals surface area (Å²) < 4.78 is 6.50. The Hall–Kier alpha value is -1.07. The number of aromatic nitrogens is 2. The second-order valence-electron chi connectivity index (χ2n) is 3.07. The van der Waals surface area contributed by atoms with Crippen LogP contribution < -0.4 is 0 Å². The first-order valence-electron chi connectivity index (χ1n) is 4.22. The van der Waals surface area contributed by atoms with Crippen LogP contribution in [-0.4, -0.2) is 27.5 Å². The van der Waals surface area contributed by atoms with E-state index in [1.165, 1.54) is 4.68 Å². The summed E-state index contributed by atoms with van der Waals surface area (Å²) in [7, 11) is 0. The number of carboxylic acids is 1. The highest BCUT2D eigenvalue weighted by Gasteiger charge is 2.20. The Labute approximate surface area is 85.2 Å². The summed E-state index contributed by atoms with van der Waals surface area (Å²) in [6.45, 7) is 0.840. The highest BCUT2D eigenvalue weighted by molar-refractivity contribution is 6.30. The third-order valence-corrected chi connectivity index (χ3v) is 2.50. The topological polar surface area (TPSA) is 64.3 Å². The van der Waals surface area contributed by atoms with Crippen LogP contribution in [0.3, 0.4) is 0 Å². The van der Waals surface area contributed by atoms with Crippen molar-refractivity contribution in [2.24, 2.45) is 0 Å². The maximum Gasteiger partial charge on any atom is 0.325 e. The van der Waals surface area contributed by atoms with Crippen molar-refractivity contribution in [3.05, 3.63) is 16.4 Å². The summed E-state index contributed by atoms with van der Waals surface area (Å²) in [5.74, 6) is -0.951. The number of nitrogens with zero attached hydrogens (tertiary/aromatic N) is 2. The van der Waals surface area contributed by atoms with Crippen LogP contribution in [0, 0.1) is 0 Å². The first-order chi connectivity index (χ1) is 6.68. The summed E-state index contributed by atoms with van der Waals surface area (Å²) >= 11 is 5.94. The van der Waals surface area contributed by atoms with Crippen LogP contribution >= 0.6 is 11.6 Å². The van der Waals surface area contributed by atoms with Gasteiger partial charge in [0.15, 0.2) is 0 Å². The molecule has 2 rings (SSSR count). The fourth-order valence-electron chi connectivity index (χ4n) is 1.44. The fraction of sp³-hybridized carbons (Fsp3) is 0.500. The second-order valence-corrected chi connectivity index (χ2v) is 3.43. The molecular weight excluding hydrogens is 208 g/mol. The average Bonchev–Trinajstić information content (AvgIpc) is 2.44. The summed E-state index contributed by atoms with van der Waals surface area (Å²) in [5.41, 5.74) is 1.67. The molecule has 5 nitrogen and oxygen atoms in total. The fourth-order valence-corrected chi connectivity index (χ4v) is 1.71. The summed E-state index contributed by atoms with van der Waals surface area (Å²) in [6, 6.07) is 0. The first kappa shape index (κ1) is 9.48. The number of halogens is 1. The lowest BCUT2D eigenvalue weighted by atomic mass is 10.2. The number of hydrogen-bond donors (Lipinski definition) is 1. The second kappa shape index (κ2) is 3.59. The van der Waals surface area contributed by atoms with Gasteiger partial charge in [0.2, 0.25) is 0 Å². The lowest BCUT2D eigenvalue weighted by Crippen LogP contribution is -2.10. The van der Waals surface area contributed by atoms with Gasteiger partial charge in [-0.2, -0.15) is 5.10 Å². The van der Waals surface area contributed by atoms with Gasteiger partial charge in [-0.25, -0.2) is 4.68 Å². The van der Waals surface area contributed by atoms with Crippen LogP contribution in [0.5, 0.6) is 0 Å². The molecule has 1 aromatic heterocycles. The minimum Gasteiger partial charge on any atom is -0.480 e. The van der Waals surface area contributed by atoms with Gasteiger partial charge < -0.3 is 9.84 Å². The zero-order valence-corrected chi connectivity index (χ0v) is 8.12. The molecule has 76 valence electrons. The molecule has 0 aliphatic carbocycles. The van der Waals surface area contributed by atoms with E-state index in [0.29, 0.717) is 24.8 Å². The van der Waals surface area contributed by atoms with Crippen LogP contribution in [0.25, 0.3) is 0 Å². The average molecular weight is 217 g/mol. The Kier molecular flexibility index (Phi) is 2.43. The lowest BCUT2D eigenvalue weighted by Gasteiger charge is -2.09. The molecule has 1 aliphatic heterocycles. The Morgan fingerprint density at radius 1 is 1.71 bits per heavy atom. The first-order valence-corrected chi connectivity index (χ1v) is 4.60. The Balaban J connectivity index is 2.33. The number of hydrogen-bond acceptors (Lipinski definition) is 3. The quantitative estimate of drug-likeness (QED) is 0.790. The number of fused-ring (bicyclic) bond motifs is 1. The van der Waals surface area contributed by atoms with Gasteiger partial charge in [0.05, 0.1) is 18.9 Å². The van der Waals surface area contributed by atoms with Crippen LogP contribution in [0.1, 0.15) is 11.3 Å². The predicted octanol–water partition coefficient (Wildman–Crippen LogP) is 0.694. The molecule has 0 amide bonds. The highest BCUT2D eigenvalue weighted by Crippen LogP contribution is 2.24. The number of carbonyl (C=O) groups is 1. The van der Waals surface area contributed by atoms with E-state index in [9.17, 15) is 4.79 Å². The molecule has 14 heavy (non-hydrogen) atoms. The summed E-state index contributed by atoms with van der Waals surface area (Å²) in [4.78, 5) is 10.5. The molecule has 0 saturated heterocycles. The Morgan fingerprint density at radius 2 is 2.50 bits per heavy atom. The summed E-state index contributed by atoms with van der Waals surface area (Å²) in [6.07, 6.45) is 0.696. The molecule has 0 spiro atoms. The van der Waals surface area contributed by atoms with E-state index < -0.39 is 5.97 Å². The van der Waals surface area contributed by atoms with Crippen molar-refractivity contribution in [3.63, 3.8) is 0 Å². The molecule has 1 N–H and O–H groups in total. The molecule has 0 unspecified atom stereocenters. The van der Waals surface area contributed by atoms with E-state index in [1.807, 2.05) is 0 Å². The molecule has 0 atom stereocenters. The van der Waals surface area contributed by atoms with E-state index in [0.717, 1.165) is 11.3 Å². The van der Waals surface area contributed by atoms with Crippen LogP contribution in [-0.2, 0) is 29.1 Å². The SMILES string of the molecule is O=C(O)Cn1nc2c(c1Cl)COCC2. The lowest BCUT2D eigenvalue weighted by molar-refractivity contribution is -0.137. The van der Waals surface area contributed by atoms with E-state index in [-0.39, 0.29) is 6.54 Å². The molecule has 0 bridgehead atoms. The van der Waals surface area contributed by atoms with E-state index in [2.05, 4.69) is 5.10 Å². The van der Waals surface area contributed by atoms with Crippen LogP contribution in [0.15, 0.2) is 0 Å². The minimum atomic E-state index is -0.951. The van der Waals surface area contributed by atoms with Gasteiger partial charge in [0, 0.05) is 12.0 Å². The van der Waals surface area contributed by atoms with Crippen molar-refractivity contribution in [2.75, 3.05) is 6.61 Å². The zero-order chi connectivity index (χ0) is 10.1. The maximum atomic E-state index is 10.5.